The molecule has 1 aliphatic heterocycles. The van der Waals surface area contributed by atoms with Crippen molar-refractivity contribution in [3.05, 3.63) is 53.8 Å². The average Bonchev–Trinajstić information content (AvgIpc) is 3.00. The minimum Gasteiger partial charge on any atom is -0.497 e. The van der Waals surface area contributed by atoms with E-state index in [4.69, 9.17) is 14.2 Å². The fraction of sp³-hybridized carbons (Fsp3) is 0.594. The van der Waals surface area contributed by atoms with Crippen LogP contribution in [0.3, 0.4) is 0 Å². The summed E-state index contributed by atoms with van der Waals surface area (Å²) in [4.78, 5) is 14.9. The van der Waals surface area contributed by atoms with E-state index in [0.29, 0.717) is 37.1 Å². The summed E-state index contributed by atoms with van der Waals surface area (Å²) in [6.07, 6.45) is 6.33. The van der Waals surface area contributed by atoms with Gasteiger partial charge in [-0.25, -0.2) is 12.8 Å². The SMILES string of the molecule is COc1ccc(S(=O)(=O)N2CCCCC2COCC(=O)NCC2CCC(C(c3cccc(F)c3)N(C)C)CC2)c(OC)c1. The molecule has 0 aromatic heterocycles. The number of amides is 1. The van der Waals surface area contributed by atoms with Crippen molar-refractivity contribution < 1.29 is 31.8 Å². The number of rotatable bonds is 13. The lowest BCUT2D eigenvalue weighted by atomic mass is 9.76. The van der Waals surface area contributed by atoms with Gasteiger partial charge >= 0.3 is 0 Å². The highest BCUT2D eigenvalue weighted by molar-refractivity contribution is 7.89. The van der Waals surface area contributed by atoms with E-state index in [1.807, 2.05) is 20.2 Å². The molecule has 0 radical (unpaired) electrons. The first-order chi connectivity index (χ1) is 20.6. The number of sulfonamides is 1. The van der Waals surface area contributed by atoms with E-state index in [0.717, 1.165) is 44.1 Å². The van der Waals surface area contributed by atoms with E-state index in [1.54, 1.807) is 24.3 Å². The summed E-state index contributed by atoms with van der Waals surface area (Å²) in [6.45, 7) is 0.993. The number of piperidine rings is 1. The van der Waals surface area contributed by atoms with Gasteiger partial charge in [-0.15, -0.1) is 0 Å². The van der Waals surface area contributed by atoms with Crippen LogP contribution in [0.15, 0.2) is 47.4 Å². The van der Waals surface area contributed by atoms with Crippen molar-refractivity contribution in [2.75, 3.05) is 54.6 Å². The van der Waals surface area contributed by atoms with Crippen molar-refractivity contribution in [2.24, 2.45) is 11.8 Å². The predicted molar refractivity (Wildman–Crippen MR) is 163 cm³/mol. The molecule has 2 aromatic rings. The van der Waals surface area contributed by atoms with Crippen LogP contribution in [0, 0.1) is 17.7 Å². The van der Waals surface area contributed by atoms with Gasteiger partial charge in [0.15, 0.2) is 0 Å². The second-order valence-electron chi connectivity index (χ2n) is 11.8. The van der Waals surface area contributed by atoms with E-state index in [-0.39, 0.29) is 47.7 Å². The molecule has 0 spiro atoms. The van der Waals surface area contributed by atoms with Gasteiger partial charge in [0.2, 0.25) is 15.9 Å². The van der Waals surface area contributed by atoms with Gasteiger partial charge < -0.3 is 24.4 Å². The van der Waals surface area contributed by atoms with Crippen molar-refractivity contribution in [3.63, 3.8) is 0 Å². The Bertz CT molecular complexity index is 1320. The summed E-state index contributed by atoms with van der Waals surface area (Å²) in [7, 11) is 3.19. The number of nitrogens with zero attached hydrogens (tertiary/aromatic N) is 2. The molecule has 238 valence electrons. The Labute approximate surface area is 255 Å². The molecule has 1 saturated carbocycles. The normalized spacial score (nSPS) is 22.2. The second-order valence-corrected chi connectivity index (χ2v) is 13.7. The Hall–Kier alpha value is -2.73. The zero-order valence-electron chi connectivity index (χ0n) is 25.8. The summed E-state index contributed by atoms with van der Waals surface area (Å²) in [6, 6.07) is 11.3. The number of hydrogen-bond donors (Lipinski definition) is 1. The molecule has 2 atom stereocenters. The molecule has 0 bridgehead atoms. The third kappa shape index (κ3) is 8.47. The number of nitrogens with one attached hydrogen (secondary N) is 1. The largest absolute Gasteiger partial charge is 0.497 e. The Morgan fingerprint density at radius 3 is 2.49 bits per heavy atom. The summed E-state index contributed by atoms with van der Waals surface area (Å²) in [5.74, 6) is 1.14. The van der Waals surface area contributed by atoms with Crippen molar-refractivity contribution in [2.45, 2.75) is 61.9 Å². The maximum Gasteiger partial charge on any atom is 0.247 e. The first-order valence-corrected chi connectivity index (χ1v) is 16.6. The number of hydrogen-bond acceptors (Lipinski definition) is 7. The van der Waals surface area contributed by atoms with Gasteiger partial charge in [0.25, 0.3) is 0 Å². The van der Waals surface area contributed by atoms with Gasteiger partial charge in [-0.3, -0.25) is 4.79 Å². The van der Waals surface area contributed by atoms with Crippen LogP contribution < -0.4 is 14.8 Å². The monoisotopic (exact) mass is 619 g/mol. The van der Waals surface area contributed by atoms with Crippen molar-refractivity contribution in [3.8, 4) is 11.5 Å². The number of methoxy groups -OCH3 is 2. The molecule has 4 rings (SSSR count). The Balaban J connectivity index is 1.24. The molecule has 1 aliphatic carbocycles. The lowest BCUT2D eigenvalue weighted by Gasteiger charge is -2.37. The number of carbonyl (C=O) groups excluding carboxylic acids is 1. The average molecular weight is 620 g/mol. The molecule has 9 nitrogen and oxygen atoms in total. The number of carbonyl (C=O) groups is 1. The molecule has 2 aliphatic rings. The molecule has 1 amide bonds. The van der Waals surface area contributed by atoms with Crippen LogP contribution in [0.5, 0.6) is 11.5 Å². The van der Waals surface area contributed by atoms with Gasteiger partial charge in [0.1, 0.15) is 28.8 Å². The Morgan fingerprint density at radius 2 is 1.81 bits per heavy atom. The second kappa shape index (κ2) is 15.3. The van der Waals surface area contributed by atoms with Gasteiger partial charge in [0.05, 0.1) is 20.8 Å². The Morgan fingerprint density at radius 1 is 1.05 bits per heavy atom. The van der Waals surface area contributed by atoms with Gasteiger partial charge in [-0.05, 0) is 94.3 Å². The number of ether oxygens (including phenoxy) is 3. The maximum absolute atomic E-state index is 13.9. The third-order valence-electron chi connectivity index (χ3n) is 8.75. The quantitative estimate of drug-likeness (QED) is 0.349. The smallest absolute Gasteiger partial charge is 0.247 e. The van der Waals surface area contributed by atoms with E-state index in [9.17, 15) is 17.6 Å². The van der Waals surface area contributed by atoms with Crippen LogP contribution in [-0.4, -0.2) is 84.2 Å². The topological polar surface area (TPSA) is 97.4 Å². The highest BCUT2D eigenvalue weighted by Crippen LogP contribution is 2.39. The summed E-state index contributed by atoms with van der Waals surface area (Å²) < 4.78 is 58.9. The van der Waals surface area contributed by atoms with Gasteiger partial charge in [-0.1, -0.05) is 18.6 Å². The van der Waals surface area contributed by atoms with E-state index >= 15 is 0 Å². The predicted octanol–water partition coefficient (Wildman–Crippen LogP) is 4.63. The molecule has 2 aromatic carbocycles. The first kappa shape index (κ1) is 33.2. The maximum atomic E-state index is 13.9. The summed E-state index contributed by atoms with van der Waals surface area (Å²) in [5.41, 5.74) is 1.01. The Kier molecular flexibility index (Phi) is 11.8. The number of halogens is 1. The van der Waals surface area contributed by atoms with Crippen molar-refractivity contribution in [1.29, 1.82) is 0 Å². The summed E-state index contributed by atoms with van der Waals surface area (Å²) in [5, 5.41) is 3.01. The zero-order valence-corrected chi connectivity index (χ0v) is 26.6. The summed E-state index contributed by atoms with van der Waals surface area (Å²) >= 11 is 0. The van der Waals surface area contributed by atoms with Crippen molar-refractivity contribution in [1.82, 2.24) is 14.5 Å². The van der Waals surface area contributed by atoms with Crippen LogP contribution in [0.2, 0.25) is 0 Å². The fourth-order valence-electron chi connectivity index (χ4n) is 6.56. The van der Waals surface area contributed by atoms with E-state index < -0.39 is 10.0 Å². The highest BCUT2D eigenvalue weighted by Gasteiger charge is 2.36. The van der Waals surface area contributed by atoms with Crippen LogP contribution in [-0.2, 0) is 19.6 Å². The van der Waals surface area contributed by atoms with E-state index in [1.165, 1.54) is 30.7 Å². The molecule has 43 heavy (non-hydrogen) atoms. The molecular formula is C32H46FN3O6S. The van der Waals surface area contributed by atoms with E-state index in [2.05, 4.69) is 10.2 Å². The van der Waals surface area contributed by atoms with Crippen molar-refractivity contribution >= 4 is 15.9 Å². The zero-order chi connectivity index (χ0) is 31.0. The molecular weight excluding hydrogens is 573 g/mol. The van der Waals surface area contributed by atoms with Gasteiger partial charge in [-0.2, -0.15) is 4.31 Å². The third-order valence-corrected chi connectivity index (χ3v) is 10.7. The van der Waals surface area contributed by atoms with Gasteiger partial charge in [0, 0.05) is 31.2 Å². The van der Waals surface area contributed by atoms with Crippen LogP contribution in [0.25, 0.3) is 0 Å². The lowest BCUT2D eigenvalue weighted by Crippen LogP contribution is -2.46. The number of benzene rings is 2. The first-order valence-electron chi connectivity index (χ1n) is 15.1. The minimum absolute atomic E-state index is 0.0861. The minimum atomic E-state index is -3.84. The molecule has 1 N–H and O–H groups in total. The molecule has 1 saturated heterocycles. The highest BCUT2D eigenvalue weighted by atomic mass is 32.2. The molecule has 11 heteroatoms. The van der Waals surface area contributed by atoms with Crippen LogP contribution in [0.4, 0.5) is 4.39 Å². The van der Waals surface area contributed by atoms with Crippen LogP contribution in [0.1, 0.15) is 56.6 Å². The molecule has 2 unspecified atom stereocenters. The lowest BCUT2D eigenvalue weighted by molar-refractivity contribution is -0.126. The molecule has 1 heterocycles. The molecule has 2 fully saturated rings. The standard InChI is InChI=1S/C32H46FN3O6S/c1-35(2)32(25-8-7-9-26(33)18-25)24-13-11-23(12-14-24)20-34-31(37)22-42-21-27-10-5-6-17-36(27)43(38,39)30-16-15-28(40-3)19-29(30)41-4/h7-9,15-16,18-19,23-24,27,32H,5-6,10-14,17,20-22H2,1-4H3,(H,34,37). The van der Waals surface area contributed by atoms with Crippen LogP contribution >= 0.6 is 0 Å². The fourth-order valence-corrected chi connectivity index (χ4v) is 8.38.